The fourth-order valence-corrected chi connectivity index (χ4v) is 3.28. The van der Waals surface area contributed by atoms with E-state index in [9.17, 15) is 0 Å². The number of hydrogen-bond acceptors (Lipinski definition) is 4. The SMILES string of the molecule is COc1ccc2c(c1)CCN2N1CC(C)NC(C)C1. The number of nitrogens with one attached hydrogen (secondary N) is 1. The molecule has 0 radical (unpaired) electrons. The smallest absolute Gasteiger partial charge is 0.119 e. The third kappa shape index (κ3) is 2.42. The van der Waals surface area contributed by atoms with Crippen molar-refractivity contribution in [3.63, 3.8) is 0 Å². The summed E-state index contributed by atoms with van der Waals surface area (Å²) in [6.45, 7) is 7.76. The number of ether oxygens (including phenoxy) is 1. The monoisotopic (exact) mass is 261 g/mol. The van der Waals surface area contributed by atoms with Crippen molar-refractivity contribution in [1.82, 2.24) is 10.3 Å². The molecule has 1 aromatic rings. The van der Waals surface area contributed by atoms with Crippen LogP contribution in [0.5, 0.6) is 5.75 Å². The van der Waals surface area contributed by atoms with Crippen LogP contribution in [-0.4, -0.2) is 43.8 Å². The van der Waals surface area contributed by atoms with Crippen LogP contribution in [0.15, 0.2) is 18.2 Å². The van der Waals surface area contributed by atoms with Gasteiger partial charge >= 0.3 is 0 Å². The quantitative estimate of drug-likeness (QED) is 0.876. The lowest BCUT2D eigenvalue weighted by Crippen LogP contribution is -2.59. The molecule has 2 heterocycles. The second-order valence-electron chi connectivity index (χ2n) is 5.71. The summed E-state index contributed by atoms with van der Waals surface area (Å²) in [4.78, 5) is 0. The Bertz CT molecular complexity index is 453. The van der Waals surface area contributed by atoms with Gasteiger partial charge in [0.1, 0.15) is 5.75 Å². The molecule has 0 bridgehead atoms. The lowest BCUT2D eigenvalue weighted by molar-refractivity contribution is 0.161. The van der Waals surface area contributed by atoms with E-state index in [1.165, 1.54) is 11.3 Å². The first-order chi connectivity index (χ1) is 9.17. The molecule has 1 N–H and O–H groups in total. The van der Waals surface area contributed by atoms with E-state index in [1.54, 1.807) is 7.11 Å². The molecular formula is C15H23N3O. The fourth-order valence-electron chi connectivity index (χ4n) is 3.28. The Morgan fingerprint density at radius 2 is 1.95 bits per heavy atom. The first-order valence-corrected chi connectivity index (χ1v) is 7.12. The average molecular weight is 261 g/mol. The second-order valence-corrected chi connectivity index (χ2v) is 5.71. The van der Waals surface area contributed by atoms with Crippen LogP contribution >= 0.6 is 0 Å². The van der Waals surface area contributed by atoms with Crippen LogP contribution in [-0.2, 0) is 6.42 Å². The summed E-state index contributed by atoms with van der Waals surface area (Å²) in [5.74, 6) is 0.961. The van der Waals surface area contributed by atoms with E-state index in [0.29, 0.717) is 12.1 Å². The number of benzene rings is 1. The minimum atomic E-state index is 0.547. The predicted molar refractivity (Wildman–Crippen MR) is 77.7 cm³/mol. The van der Waals surface area contributed by atoms with E-state index in [-0.39, 0.29) is 0 Å². The number of hydrogen-bond donors (Lipinski definition) is 1. The van der Waals surface area contributed by atoms with Gasteiger partial charge in [0.05, 0.1) is 12.8 Å². The van der Waals surface area contributed by atoms with Gasteiger partial charge in [0.2, 0.25) is 0 Å². The van der Waals surface area contributed by atoms with Gasteiger partial charge in [0, 0.05) is 31.7 Å². The summed E-state index contributed by atoms with van der Waals surface area (Å²) >= 11 is 0. The summed E-state index contributed by atoms with van der Waals surface area (Å²) in [6, 6.07) is 7.52. The minimum Gasteiger partial charge on any atom is -0.497 e. The summed E-state index contributed by atoms with van der Waals surface area (Å²) in [6.07, 6.45) is 1.11. The third-order valence-corrected chi connectivity index (χ3v) is 4.04. The standard InChI is InChI=1S/C15H23N3O/c1-11-9-17(10-12(2)16-11)18-7-6-13-8-14(19-3)4-5-15(13)18/h4-5,8,11-12,16H,6-7,9-10H2,1-3H3. The van der Waals surface area contributed by atoms with Gasteiger partial charge in [-0.25, -0.2) is 5.01 Å². The van der Waals surface area contributed by atoms with Crippen molar-refractivity contribution in [2.75, 3.05) is 31.8 Å². The van der Waals surface area contributed by atoms with Crippen LogP contribution in [0.25, 0.3) is 0 Å². The number of fused-ring (bicyclic) bond motifs is 1. The van der Waals surface area contributed by atoms with Gasteiger partial charge in [0.25, 0.3) is 0 Å². The molecule has 4 nitrogen and oxygen atoms in total. The molecule has 0 aromatic heterocycles. The highest BCUT2D eigenvalue weighted by Gasteiger charge is 2.29. The topological polar surface area (TPSA) is 27.7 Å². The summed E-state index contributed by atoms with van der Waals surface area (Å²) in [7, 11) is 1.73. The van der Waals surface area contributed by atoms with Crippen molar-refractivity contribution >= 4 is 5.69 Å². The maximum Gasteiger partial charge on any atom is 0.119 e. The number of anilines is 1. The Morgan fingerprint density at radius 1 is 1.21 bits per heavy atom. The zero-order valence-electron chi connectivity index (χ0n) is 12.0. The molecule has 2 aliphatic rings. The number of rotatable bonds is 2. The number of nitrogens with zero attached hydrogens (tertiary/aromatic N) is 2. The van der Waals surface area contributed by atoms with Crippen molar-refractivity contribution in [3.8, 4) is 5.75 Å². The van der Waals surface area contributed by atoms with Crippen LogP contribution < -0.4 is 15.1 Å². The Labute approximate surface area is 115 Å². The van der Waals surface area contributed by atoms with Gasteiger partial charge in [-0.3, -0.25) is 0 Å². The van der Waals surface area contributed by atoms with Gasteiger partial charge in [-0.2, -0.15) is 0 Å². The molecule has 2 atom stereocenters. The first kappa shape index (κ1) is 12.8. The molecule has 0 aliphatic carbocycles. The van der Waals surface area contributed by atoms with E-state index in [2.05, 4.69) is 47.4 Å². The van der Waals surface area contributed by atoms with Gasteiger partial charge in [-0.1, -0.05) is 0 Å². The largest absolute Gasteiger partial charge is 0.497 e. The molecular weight excluding hydrogens is 238 g/mol. The Morgan fingerprint density at radius 3 is 2.63 bits per heavy atom. The lowest BCUT2D eigenvalue weighted by atomic mass is 10.1. The number of hydrazine groups is 1. The highest BCUT2D eigenvalue weighted by atomic mass is 16.5. The zero-order valence-corrected chi connectivity index (χ0v) is 12.0. The molecule has 1 fully saturated rings. The van der Waals surface area contributed by atoms with E-state index in [1.807, 2.05) is 0 Å². The van der Waals surface area contributed by atoms with Gasteiger partial charge in [-0.05, 0) is 44.0 Å². The highest BCUT2D eigenvalue weighted by Crippen LogP contribution is 2.32. The fraction of sp³-hybridized carbons (Fsp3) is 0.600. The molecule has 0 amide bonds. The molecule has 0 saturated carbocycles. The Hall–Kier alpha value is -1.26. The summed E-state index contributed by atoms with van der Waals surface area (Å²) in [5.41, 5.74) is 2.75. The van der Waals surface area contributed by atoms with Gasteiger partial charge in [0.15, 0.2) is 0 Å². The van der Waals surface area contributed by atoms with Crippen LogP contribution in [0.3, 0.4) is 0 Å². The normalized spacial score (nSPS) is 27.4. The first-order valence-electron chi connectivity index (χ1n) is 7.12. The van der Waals surface area contributed by atoms with Crippen LogP contribution in [0.1, 0.15) is 19.4 Å². The second kappa shape index (κ2) is 5.02. The minimum absolute atomic E-state index is 0.547. The van der Waals surface area contributed by atoms with Crippen LogP contribution in [0.2, 0.25) is 0 Å². The molecule has 2 unspecified atom stereocenters. The van der Waals surface area contributed by atoms with Crippen LogP contribution in [0.4, 0.5) is 5.69 Å². The molecule has 1 aromatic carbocycles. The Balaban J connectivity index is 1.82. The molecule has 2 aliphatic heterocycles. The predicted octanol–water partition coefficient (Wildman–Crippen LogP) is 1.65. The van der Waals surface area contributed by atoms with E-state index < -0.39 is 0 Å². The van der Waals surface area contributed by atoms with Crippen molar-refractivity contribution in [2.24, 2.45) is 0 Å². The molecule has 4 heteroatoms. The molecule has 0 spiro atoms. The van der Waals surface area contributed by atoms with E-state index in [4.69, 9.17) is 4.74 Å². The van der Waals surface area contributed by atoms with Crippen LogP contribution in [0, 0.1) is 0 Å². The van der Waals surface area contributed by atoms with Crippen molar-refractivity contribution in [1.29, 1.82) is 0 Å². The summed E-state index contributed by atoms with van der Waals surface area (Å²) in [5, 5.41) is 8.52. The lowest BCUT2D eigenvalue weighted by Gasteiger charge is -2.42. The van der Waals surface area contributed by atoms with E-state index >= 15 is 0 Å². The third-order valence-electron chi connectivity index (χ3n) is 4.04. The Kier molecular flexibility index (Phi) is 3.37. The van der Waals surface area contributed by atoms with Gasteiger partial charge in [-0.15, -0.1) is 0 Å². The van der Waals surface area contributed by atoms with Crippen molar-refractivity contribution < 1.29 is 4.74 Å². The number of piperazine rings is 1. The molecule has 19 heavy (non-hydrogen) atoms. The van der Waals surface area contributed by atoms with Gasteiger partial charge < -0.3 is 15.1 Å². The van der Waals surface area contributed by atoms with Crippen molar-refractivity contribution in [2.45, 2.75) is 32.4 Å². The molecule has 104 valence electrons. The van der Waals surface area contributed by atoms with E-state index in [0.717, 1.165) is 31.8 Å². The molecule has 1 saturated heterocycles. The maximum atomic E-state index is 5.31. The maximum absolute atomic E-state index is 5.31. The number of methoxy groups -OCH3 is 1. The summed E-state index contributed by atoms with van der Waals surface area (Å²) < 4.78 is 5.31. The zero-order chi connectivity index (χ0) is 13.4. The van der Waals surface area contributed by atoms with Crippen molar-refractivity contribution in [3.05, 3.63) is 23.8 Å². The average Bonchev–Trinajstić information content (AvgIpc) is 2.80. The molecule has 3 rings (SSSR count). The highest BCUT2D eigenvalue weighted by molar-refractivity contribution is 5.59.